The Morgan fingerprint density at radius 1 is 0.339 bits per heavy atom. The van der Waals surface area contributed by atoms with Gasteiger partial charge in [-0.2, -0.15) is 0 Å². The largest absolute Gasteiger partial charge is 0.394 e. The molecule has 12 N–H and O–H groups in total. The highest BCUT2D eigenvalue weighted by atomic mass is 16.8. The molecular formula is C90H165NO18. The molecule has 0 spiro atoms. The fourth-order valence-electron chi connectivity index (χ4n) is 15.2. The summed E-state index contributed by atoms with van der Waals surface area (Å²) in [5, 5.41) is 121. The number of allylic oxidation sites excluding steroid dienone is 10. The summed E-state index contributed by atoms with van der Waals surface area (Å²) in [4.78, 5) is 13.5. The van der Waals surface area contributed by atoms with Gasteiger partial charge in [0.05, 0.1) is 38.6 Å². The molecular weight excluding hydrogens is 1380 g/mol. The van der Waals surface area contributed by atoms with E-state index in [-0.39, 0.29) is 18.9 Å². The van der Waals surface area contributed by atoms with Crippen LogP contribution in [0.25, 0.3) is 0 Å². The average Bonchev–Trinajstić information content (AvgIpc) is 0.749. The van der Waals surface area contributed by atoms with E-state index in [1.807, 2.05) is 0 Å². The van der Waals surface area contributed by atoms with Crippen LogP contribution in [0.4, 0.5) is 0 Å². The van der Waals surface area contributed by atoms with E-state index in [1.54, 1.807) is 0 Å². The maximum absolute atomic E-state index is 13.5. The highest BCUT2D eigenvalue weighted by Crippen LogP contribution is 2.34. The molecule has 3 saturated heterocycles. The number of aliphatic hydroxyl groups is 11. The summed E-state index contributed by atoms with van der Waals surface area (Å²) in [6.07, 6.45) is 64.7. The lowest BCUT2D eigenvalue weighted by Crippen LogP contribution is -2.66. The van der Waals surface area contributed by atoms with Gasteiger partial charge in [0.25, 0.3) is 0 Å². The van der Waals surface area contributed by atoms with Gasteiger partial charge in [-0.25, -0.2) is 0 Å². The number of rotatable bonds is 73. The number of ether oxygens (including phenoxy) is 6. The second-order valence-electron chi connectivity index (χ2n) is 32.0. The molecule has 3 rings (SSSR count). The first-order chi connectivity index (χ1) is 53.3. The van der Waals surface area contributed by atoms with Crippen molar-refractivity contribution in [1.29, 1.82) is 0 Å². The number of unbranched alkanes of at least 4 members (excludes halogenated alkanes) is 47. The minimum atomic E-state index is -1.97. The van der Waals surface area contributed by atoms with Gasteiger partial charge in [0.1, 0.15) is 73.2 Å². The van der Waals surface area contributed by atoms with E-state index in [0.29, 0.717) is 12.8 Å². The van der Waals surface area contributed by atoms with Gasteiger partial charge in [0, 0.05) is 6.42 Å². The van der Waals surface area contributed by atoms with Crippen molar-refractivity contribution in [2.75, 3.05) is 26.4 Å². The molecule has 0 aromatic rings. The molecule has 0 aromatic carbocycles. The Kier molecular flexibility index (Phi) is 64.4. The third-order valence-corrected chi connectivity index (χ3v) is 22.4. The monoisotopic (exact) mass is 1550 g/mol. The maximum Gasteiger partial charge on any atom is 0.220 e. The zero-order valence-corrected chi connectivity index (χ0v) is 68.8. The van der Waals surface area contributed by atoms with E-state index < -0.39 is 124 Å². The number of carbonyl (C=O) groups is 1. The van der Waals surface area contributed by atoms with Gasteiger partial charge in [0.2, 0.25) is 5.91 Å². The lowest BCUT2D eigenvalue weighted by molar-refractivity contribution is -0.379. The van der Waals surface area contributed by atoms with E-state index in [2.05, 4.69) is 79.9 Å². The quantitative estimate of drug-likeness (QED) is 0.0199. The van der Waals surface area contributed by atoms with Gasteiger partial charge in [0.15, 0.2) is 18.9 Å². The second-order valence-corrected chi connectivity index (χ2v) is 32.0. The van der Waals surface area contributed by atoms with Gasteiger partial charge >= 0.3 is 0 Å². The molecule has 0 aromatic heterocycles. The minimum absolute atomic E-state index is 0.236. The van der Waals surface area contributed by atoms with Crippen LogP contribution in [0.15, 0.2) is 60.8 Å². The molecule has 17 atom stereocenters. The predicted octanol–water partition coefficient (Wildman–Crippen LogP) is 17.0. The Labute approximate surface area is 662 Å². The van der Waals surface area contributed by atoms with Crippen molar-refractivity contribution in [3.05, 3.63) is 60.8 Å². The molecule has 17 unspecified atom stereocenters. The Hall–Kier alpha value is -2.51. The Bertz CT molecular complexity index is 2200. The van der Waals surface area contributed by atoms with Gasteiger partial charge in [-0.3, -0.25) is 4.79 Å². The third-order valence-electron chi connectivity index (χ3n) is 22.4. The Morgan fingerprint density at radius 2 is 0.633 bits per heavy atom. The standard InChI is InChI=1S/C90H165NO18/c1-3-5-7-9-11-13-15-17-19-21-23-25-27-29-31-33-34-35-36-37-38-40-42-44-46-48-50-52-54-56-58-60-62-64-66-68-78(96)91-73(74(95)67-65-63-61-59-57-55-53-51-49-47-45-43-41-39-32-30-28-26-24-22-20-18-16-14-12-10-8-6-4-2)72-104-88-84(102)81(99)86(76(70-93)106-88)109-90-85(103)82(100)87(77(71-94)107-90)108-89-83(101)80(98)79(97)75(69-92)105-89/h5,7,11,13,17,19,23,25,29,31,73-77,79-90,92-95,97-103H,3-4,6,8-10,12,14-16,18,20-22,24,26-28,30,32-72H2,1-2H3,(H,91,96)/b7-5-,13-11-,19-17-,25-23-,31-29-. The average molecular weight is 1550 g/mol. The van der Waals surface area contributed by atoms with Crippen LogP contribution >= 0.6 is 0 Å². The van der Waals surface area contributed by atoms with Crippen LogP contribution in [0.5, 0.6) is 0 Å². The number of carbonyl (C=O) groups excluding carboxylic acids is 1. The first-order valence-corrected chi connectivity index (χ1v) is 45.0. The lowest BCUT2D eigenvalue weighted by Gasteiger charge is -2.48. The number of aliphatic hydroxyl groups excluding tert-OH is 11. The molecule has 0 radical (unpaired) electrons. The van der Waals surface area contributed by atoms with E-state index in [0.717, 1.165) is 77.0 Å². The summed E-state index contributed by atoms with van der Waals surface area (Å²) in [5.74, 6) is -0.236. The van der Waals surface area contributed by atoms with Crippen molar-refractivity contribution in [2.45, 2.75) is 478 Å². The zero-order valence-electron chi connectivity index (χ0n) is 68.8. The summed E-state index contributed by atoms with van der Waals surface area (Å²) in [5.41, 5.74) is 0. The van der Waals surface area contributed by atoms with E-state index in [9.17, 15) is 61.0 Å². The molecule has 0 saturated carbocycles. The molecule has 0 aliphatic carbocycles. The molecule has 3 fully saturated rings. The van der Waals surface area contributed by atoms with E-state index in [1.165, 1.54) is 263 Å². The summed E-state index contributed by atoms with van der Waals surface area (Å²) < 4.78 is 34.6. The molecule has 0 bridgehead atoms. The fraction of sp³-hybridized carbons (Fsp3) is 0.878. The first kappa shape index (κ1) is 101. The van der Waals surface area contributed by atoms with Crippen LogP contribution in [0.3, 0.4) is 0 Å². The molecule has 638 valence electrons. The summed E-state index contributed by atoms with van der Waals surface area (Å²) >= 11 is 0. The van der Waals surface area contributed by atoms with Crippen LogP contribution < -0.4 is 5.32 Å². The number of hydrogen-bond acceptors (Lipinski definition) is 18. The van der Waals surface area contributed by atoms with Crippen molar-refractivity contribution in [3.8, 4) is 0 Å². The lowest BCUT2D eigenvalue weighted by atomic mass is 9.96. The minimum Gasteiger partial charge on any atom is -0.394 e. The van der Waals surface area contributed by atoms with Gasteiger partial charge in [-0.15, -0.1) is 0 Å². The number of amides is 1. The van der Waals surface area contributed by atoms with Gasteiger partial charge < -0.3 is 89.9 Å². The Morgan fingerprint density at radius 3 is 0.991 bits per heavy atom. The van der Waals surface area contributed by atoms with Crippen LogP contribution in [0.1, 0.15) is 373 Å². The van der Waals surface area contributed by atoms with Crippen LogP contribution in [-0.4, -0.2) is 193 Å². The van der Waals surface area contributed by atoms with Gasteiger partial charge in [-0.1, -0.05) is 370 Å². The van der Waals surface area contributed by atoms with E-state index in [4.69, 9.17) is 28.4 Å². The Balaban J connectivity index is 1.32. The van der Waals surface area contributed by atoms with E-state index >= 15 is 0 Å². The zero-order chi connectivity index (χ0) is 78.8. The highest BCUT2D eigenvalue weighted by molar-refractivity contribution is 5.76. The first-order valence-electron chi connectivity index (χ1n) is 45.0. The van der Waals surface area contributed by atoms with Crippen molar-refractivity contribution in [3.63, 3.8) is 0 Å². The molecule has 109 heavy (non-hydrogen) atoms. The molecule has 1 amide bonds. The maximum atomic E-state index is 13.5. The SMILES string of the molecule is CC/C=C\C/C=C\C/C=C\C/C=C\C/C=C\CCCCCCCCCCCCCCCCCCCCCC(=O)NC(COC1OC(CO)C(OC2OC(CO)C(OC3OC(CO)C(O)C(O)C3O)C(O)C2O)C(O)C1O)C(O)CCCCCCCCCCCCCCCCCCCCCCCCCCCCCCC. The summed E-state index contributed by atoms with van der Waals surface area (Å²) in [6, 6.07) is -0.890. The second kappa shape index (κ2) is 69.8. The molecule has 19 heteroatoms. The number of nitrogens with one attached hydrogen (secondary N) is 1. The van der Waals surface area contributed by atoms with Gasteiger partial charge in [-0.05, 0) is 57.8 Å². The topological polar surface area (TPSA) is 307 Å². The van der Waals surface area contributed by atoms with Crippen LogP contribution in [0.2, 0.25) is 0 Å². The fourth-order valence-corrected chi connectivity index (χ4v) is 15.2. The third kappa shape index (κ3) is 48.6. The number of hydrogen-bond donors (Lipinski definition) is 12. The highest BCUT2D eigenvalue weighted by Gasteiger charge is 2.54. The van der Waals surface area contributed by atoms with Crippen molar-refractivity contribution in [1.82, 2.24) is 5.32 Å². The smallest absolute Gasteiger partial charge is 0.220 e. The summed E-state index contributed by atoms with van der Waals surface area (Å²) in [6.45, 7) is 1.75. The summed E-state index contributed by atoms with van der Waals surface area (Å²) in [7, 11) is 0. The molecule has 3 aliphatic heterocycles. The molecule has 19 nitrogen and oxygen atoms in total. The normalized spacial score (nSPS) is 25.5. The van der Waals surface area contributed by atoms with Crippen molar-refractivity contribution < 1.29 is 89.4 Å². The van der Waals surface area contributed by atoms with Crippen LogP contribution in [0, 0.1) is 0 Å². The van der Waals surface area contributed by atoms with Crippen molar-refractivity contribution >= 4 is 5.91 Å². The molecule has 3 heterocycles. The predicted molar refractivity (Wildman–Crippen MR) is 439 cm³/mol. The van der Waals surface area contributed by atoms with Crippen molar-refractivity contribution in [2.24, 2.45) is 0 Å². The molecule has 3 aliphatic rings. The van der Waals surface area contributed by atoms with Crippen LogP contribution in [-0.2, 0) is 33.2 Å².